The van der Waals surface area contributed by atoms with Gasteiger partial charge in [-0.25, -0.2) is 0 Å². The molecular weight excluding hydrogens is 285 g/mol. The Morgan fingerprint density at radius 1 is 0.833 bits per heavy atom. The van der Waals surface area contributed by atoms with Gasteiger partial charge >= 0.3 is 116 Å². The SMILES string of the molecule is N[C@H](C[Se]Cc1ccccc1)Cc1ccccc1. The van der Waals surface area contributed by atoms with Crippen LogP contribution in [0.15, 0.2) is 60.7 Å². The normalized spacial score (nSPS) is 12.3. The average Bonchev–Trinajstić information content (AvgIpc) is 2.41. The predicted octanol–water partition coefficient (Wildman–Crippen LogP) is 2.88. The first-order chi connectivity index (χ1) is 8.84. The number of rotatable bonds is 6. The van der Waals surface area contributed by atoms with Crippen molar-refractivity contribution >= 4 is 15.0 Å². The van der Waals surface area contributed by atoms with Crippen molar-refractivity contribution in [3.05, 3.63) is 71.8 Å². The third-order valence-electron chi connectivity index (χ3n) is 2.78. The van der Waals surface area contributed by atoms with Gasteiger partial charge in [0.25, 0.3) is 0 Å². The minimum absolute atomic E-state index is 0.302. The van der Waals surface area contributed by atoms with Gasteiger partial charge in [-0.2, -0.15) is 0 Å². The molecule has 0 saturated heterocycles. The fourth-order valence-electron chi connectivity index (χ4n) is 1.88. The quantitative estimate of drug-likeness (QED) is 0.816. The van der Waals surface area contributed by atoms with Gasteiger partial charge in [0.1, 0.15) is 0 Å². The van der Waals surface area contributed by atoms with E-state index in [-0.39, 0.29) is 0 Å². The van der Waals surface area contributed by atoms with Crippen molar-refractivity contribution in [2.45, 2.75) is 23.1 Å². The molecule has 0 saturated carbocycles. The molecule has 2 aromatic rings. The first kappa shape index (κ1) is 13.4. The van der Waals surface area contributed by atoms with Crippen LogP contribution in [0.1, 0.15) is 11.1 Å². The topological polar surface area (TPSA) is 26.0 Å². The molecule has 0 aliphatic heterocycles. The second kappa shape index (κ2) is 7.38. The van der Waals surface area contributed by atoms with E-state index in [9.17, 15) is 0 Å². The summed E-state index contributed by atoms with van der Waals surface area (Å²) in [5.41, 5.74) is 8.97. The van der Waals surface area contributed by atoms with Gasteiger partial charge in [-0.3, -0.25) is 0 Å². The van der Waals surface area contributed by atoms with Gasteiger partial charge in [-0.1, -0.05) is 0 Å². The second-order valence-corrected chi connectivity index (χ2v) is 6.61. The van der Waals surface area contributed by atoms with Crippen LogP contribution in [-0.2, 0) is 11.7 Å². The van der Waals surface area contributed by atoms with E-state index in [0.29, 0.717) is 21.0 Å². The van der Waals surface area contributed by atoms with Crippen LogP contribution in [-0.4, -0.2) is 21.0 Å². The second-order valence-electron chi connectivity index (χ2n) is 4.45. The molecule has 0 heterocycles. The Labute approximate surface area is 116 Å². The van der Waals surface area contributed by atoms with Crippen molar-refractivity contribution in [3.63, 3.8) is 0 Å². The Balaban J connectivity index is 1.71. The molecule has 2 heteroatoms. The Hall–Kier alpha value is -1.08. The van der Waals surface area contributed by atoms with Crippen LogP contribution in [0.5, 0.6) is 0 Å². The van der Waals surface area contributed by atoms with Crippen molar-refractivity contribution in [2.24, 2.45) is 5.73 Å². The molecule has 94 valence electrons. The van der Waals surface area contributed by atoms with Crippen LogP contribution in [0.25, 0.3) is 0 Å². The van der Waals surface area contributed by atoms with E-state index in [2.05, 4.69) is 54.6 Å². The third-order valence-corrected chi connectivity index (χ3v) is 5.30. The van der Waals surface area contributed by atoms with E-state index >= 15 is 0 Å². The number of hydrogen-bond acceptors (Lipinski definition) is 1. The molecule has 0 fully saturated rings. The molecule has 2 N–H and O–H groups in total. The summed E-state index contributed by atoms with van der Waals surface area (Å²) in [6.07, 6.45) is 0.997. The van der Waals surface area contributed by atoms with E-state index in [1.807, 2.05) is 6.07 Å². The number of benzene rings is 2. The van der Waals surface area contributed by atoms with Gasteiger partial charge in [-0.05, 0) is 0 Å². The van der Waals surface area contributed by atoms with Gasteiger partial charge in [0, 0.05) is 0 Å². The molecule has 0 unspecified atom stereocenters. The van der Waals surface area contributed by atoms with E-state index in [1.165, 1.54) is 16.4 Å². The van der Waals surface area contributed by atoms with E-state index in [0.717, 1.165) is 11.7 Å². The molecule has 1 atom stereocenters. The zero-order valence-electron chi connectivity index (χ0n) is 10.5. The molecule has 0 aromatic heterocycles. The summed E-state index contributed by atoms with van der Waals surface area (Å²) < 4.78 is 0. The number of nitrogens with two attached hydrogens (primary N) is 1. The van der Waals surface area contributed by atoms with Gasteiger partial charge in [0.05, 0.1) is 0 Å². The van der Waals surface area contributed by atoms with Gasteiger partial charge in [-0.15, -0.1) is 0 Å². The summed E-state index contributed by atoms with van der Waals surface area (Å²) >= 11 is 0.607. The third kappa shape index (κ3) is 4.66. The van der Waals surface area contributed by atoms with Crippen molar-refractivity contribution in [2.75, 3.05) is 0 Å². The predicted molar refractivity (Wildman–Crippen MR) is 78.8 cm³/mol. The molecule has 0 aliphatic carbocycles. The fourth-order valence-corrected chi connectivity index (χ4v) is 3.91. The fraction of sp³-hybridized carbons (Fsp3) is 0.250. The summed E-state index contributed by atoms with van der Waals surface area (Å²) in [4.78, 5) is 0. The van der Waals surface area contributed by atoms with E-state index < -0.39 is 0 Å². The van der Waals surface area contributed by atoms with Crippen LogP contribution in [0.4, 0.5) is 0 Å². The van der Waals surface area contributed by atoms with Crippen molar-refractivity contribution in [1.29, 1.82) is 0 Å². The van der Waals surface area contributed by atoms with E-state index in [1.54, 1.807) is 0 Å². The molecule has 0 radical (unpaired) electrons. The van der Waals surface area contributed by atoms with Crippen LogP contribution in [0.2, 0.25) is 5.32 Å². The molecule has 0 spiro atoms. The Kier molecular flexibility index (Phi) is 5.47. The zero-order chi connectivity index (χ0) is 12.6. The molecule has 0 bridgehead atoms. The summed E-state index contributed by atoms with van der Waals surface area (Å²) in [5, 5.41) is 2.34. The molecule has 2 rings (SSSR count). The zero-order valence-corrected chi connectivity index (χ0v) is 12.2. The Bertz CT molecular complexity index is 441. The monoisotopic (exact) mass is 305 g/mol. The molecule has 0 aliphatic rings. The van der Waals surface area contributed by atoms with Crippen molar-refractivity contribution < 1.29 is 0 Å². The van der Waals surface area contributed by atoms with Crippen LogP contribution >= 0.6 is 0 Å². The molecule has 0 amide bonds. The van der Waals surface area contributed by atoms with Crippen LogP contribution in [0, 0.1) is 0 Å². The summed E-state index contributed by atoms with van der Waals surface area (Å²) in [6.45, 7) is 0. The van der Waals surface area contributed by atoms with Crippen LogP contribution in [0.3, 0.4) is 0 Å². The van der Waals surface area contributed by atoms with Crippen molar-refractivity contribution in [1.82, 2.24) is 0 Å². The average molecular weight is 304 g/mol. The van der Waals surface area contributed by atoms with Crippen molar-refractivity contribution in [3.8, 4) is 0 Å². The first-order valence-electron chi connectivity index (χ1n) is 6.26. The maximum atomic E-state index is 6.19. The van der Waals surface area contributed by atoms with Gasteiger partial charge in [0.2, 0.25) is 0 Å². The summed E-state index contributed by atoms with van der Waals surface area (Å²) in [6, 6.07) is 21.5. The summed E-state index contributed by atoms with van der Waals surface area (Å²) in [7, 11) is 0. The van der Waals surface area contributed by atoms with Gasteiger partial charge < -0.3 is 0 Å². The number of hydrogen-bond donors (Lipinski definition) is 1. The standard InChI is InChI=1S/C16H19NSe/c17-16(11-14-7-3-1-4-8-14)13-18-12-15-9-5-2-6-10-15/h1-10,16H,11-13,17H2/t16-/m0/s1. The van der Waals surface area contributed by atoms with E-state index in [4.69, 9.17) is 5.73 Å². The first-order valence-corrected chi connectivity index (χ1v) is 8.68. The minimum atomic E-state index is 0.302. The molecule has 1 nitrogen and oxygen atoms in total. The molecule has 2 aromatic carbocycles. The maximum absolute atomic E-state index is 6.19. The Morgan fingerprint density at radius 2 is 1.39 bits per heavy atom. The Morgan fingerprint density at radius 3 is 2.00 bits per heavy atom. The molecule has 18 heavy (non-hydrogen) atoms. The molecular formula is C16H19NSe. The van der Waals surface area contributed by atoms with Crippen LogP contribution < -0.4 is 5.73 Å². The van der Waals surface area contributed by atoms with Gasteiger partial charge in [0.15, 0.2) is 0 Å². The summed E-state index contributed by atoms with van der Waals surface area (Å²) in [5.74, 6) is 0.